The Morgan fingerprint density at radius 3 is 2.41 bits per heavy atom. The highest BCUT2D eigenvalue weighted by molar-refractivity contribution is 7.90. The van der Waals surface area contributed by atoms with Gasteiger partial charge in [-0.25, -0.2) is 17.2 Å². The summed E-state index contributed by atoms with van der Waals surface area (Å²) in [5.41, 5.74) is -3.34. The van der Waals surface area contributed by atoms with Gasteiger partial charge in [0.1, 0.15) is 12.2 Å². The van der Waals surface area contributed by atoms with Gasteiger partial charge in [-0.1, -0.05) is 12.1 Å². The van der Waals surface area contributed by atoms with Crippen molar-refractivity contribution in [1.82, 2.24) is 10.2 Å². The van der Waals surface area contributed by atoms with E-state index in [1.54, 1.807) is 0 Å². The summed E-state index contributed by atoms with van der Waals surface area (Å²) in [4.78, 5) is 13.2. The lowest BCUT2D eigenvalue weighted by atomic mass is 9.94. The van der Waals surface area contributed by atoms with Crippen molar-refractivity contribution in [3.63, 3.8) is 0 Å². The van der Waals surface area contributed by atoms with E-state index in [1.807, 2.05) is 0 Å². The monoisotopic (exact) mass is 571 g/mol. The molecule has 0 radical (unpaired) electrons. The van der Waals surface area contributed by atoms with Crippen LogP contribution in [0.4, 0.5) is 27.6 Å². The first-order chi connectivity index (χ1) is 18.2. The van der Waals surface area contributed by atoms with Crippen molar-refractivity contribution in [3.8, 4) is 17.4 Å². The Kier molecular flexibility index (Phi) is 7.27. The molecule has 14 heteroatoms. The molecule has 0 bridgehead atoms. The van der Waals surface area contributed by atoms with Gasteiger partial charge in [-0.15, -0.1) is 10.2 Å². The number of alkyl halides is 4. The molecule has 208 valence electrons. The molecule has 1 aliphatic rings. The molecule has 1 fully saturated rings. The lowest BCUT2D eigenvalue weighted by molar-refractivity contribution is -0.161. The number of hydrogen-bond acceptors (Lipinski definition) is 7. The molecule has 0 atom stereocenters. The zero-order valence-electron chi connectivity index (χ0n) is 20.8. The Morgan fingerprint density at radius 1 is 1.15 bits per heavy atom. The summed E-state index contributed by atoms with van der Waals surface area (Å²) in [6.07, 6.45) is -4.25. The Bertz CT molecular complexity index is 1560. The Balaban J connectivity index is 1.74. The van der Waals surface area contributed by atoms with E-state index in [2.05, 4.69) is 15.5 Å². The normalized spacial score (nSPS) is 14.6. The first kappa shape index (κ1) is 28.2. The van der Waals surface area contributed by atoms with Gasteiger partial charge in [-0.3, -0.25) is 4.79 Å². The van der Waals surface area contributed by atoms with Crippen molar-refractivity contribution in [2.75, 3.05) is 18.7 Å². The Hall–Kier alpha value is -3.81. The van der Waals surface area contributed by atoms with Crippen molar-refractivity contribution in [3.05, 3.63) is 64.6 Å². The molecule has 1 heterocycles. The number of rotatable bonds is 8. The summed E-state index contributed by atoms with van der Waals surface area (Å²) in [5.74, 6) is -3.72. The minimum Gasteiger partial charge on any atom is -0.490 e. The van der Waals surface area contributed by atoms with Crippen molar-refractivity contribution in [2.45, 2.75) is 42.9 Å². The molecule has 0 unspecified atom stereocenters. The van der Waals surface area contributed by atoms with Gasteiger partial charge >= 0.3 is 6.18 Å². The number of sulfone groups is 1. The van der Waals surface area contributed by atoms with Gasteiger partial charge in [-0.05, 0) is 49.6 Å². The SMILES string of the molecule is COc1c(Oc2nnc(CF)c(C)c2C(=O)Nc2cccc(S(C)(=O)=O)c2)ccc(C2(C(F)(F)F)CC2)c1F. The maximum atomic E-state index is 15.3. The Morgan fingerprint density at radius 2 is 1.85 bits per heavy atom. The molecular formula is C25H22F5N3O5S. The fourth-order valence-electron chi connectivity index (χ4n) is 4.11. The van der Waals surface area contributed by atoms with E-state index >= 15 is 4.39 Å². The van der Waals surface area contributed by atoms with Crippen LogP contribution in [0.1, 0.15) is 40.0 Å². The van der Waals surface area contributed by atoms with Crippen LogP contribution in [0.15, 0.2) is 41.3 Å². The van der Waals surface area contributed by atoms with Crippen LogP contribution in [0, 0.1) is 12.7 Å². The number of ether oxygens (including phenoxy) is 2. The number of carbonyl (C=O) groups is 1. The molecule has 0 saturated heterocycles. The second-order valence-electron chi connectivity index (χ2n) is 8.98. The topological polar surface area (TPSA) is 107 Å². The van der Waals surface area contributed by atoms with E-state index in [9.17, 15) is 30.8 Å². The Labute approximate surface area is 220 Å². The molecule has 2 aromatic carbocycles. The average Bonchev–Trinajstić information content (AvgIpc) is 3.66. The average molecular weight is 572 g/mol. The highest BCUT2D eigenvalue weighted by Crippen LogP contribution is 2.60. The summed E-state index contributed by atoms with van der Waals surface area (Å²) >= 11 is 0. The second kappa shape index (κ2) is 10.1. The molecule has 0 aliphatic heterocycles. The van der Waals surface area contributed by atoms with E-state index in [0.717, 1.165) is 25.5 Å². The fraction of sp³-hybridized carbons (Fsp3) is 0.320. The maximum absolute atomic E-state index is 15.3. The number of methoxy groups -OCH3 is 1. The highest BCUT2D eigenvalue weighted by Gasteiger charge is 2.65. The summed E-state index contributed by atoms with van der Waals surface area (Å²) in [6.45, 7) is 0.272. The van der Waals surface area contributed by atoms with E-state index in [-0.39, 0.29) is 40.2 Å². The molecule has 1 N–H and O–H groups in total. The summed E-state index contributed by atoms with van der Waals surface area (Å²) in [5, 5.41) is 9.88. The largest absolute Gasteiger partial charge is 0.490 e. The van der Waals surface area contributed by atoms with Crippen LogP contribution < -0.4 is 14.8 Å². The smallest absolute Gasteiger partial charge is 0.398 e. The van der Waals surface area contributed by atoms with Crippen LogP contribution in [0.25, 0.3) is 0 Å². The van der Waals surface area contributed by atoms with Crippen LogP contribution in [0.3, 0.4) is 0 Å². The lowest BCUT2D eigenvalue weighted by Gasteiger charge is -2.22. The van der Waals surface area contributed by atoms with Crippen LogP contribution in [-0.2, 0) is 21.9 Å². The van der Waals surface area contributed by atoms with Gasteiger partial charge in [0, 0.05) is 17.5 Å². The highest BCUT2D eigenvalue weighted by atomic mass is 32.2. The summed E-state index contributed by atoms with van der Waals surface area (Å²) in [6, 6.07) is 7.34. The molecule has 1 saturated carbocycles. The number of nitrogens with one attached hydrogen (secondary N) is 1. The molecule has 1 aliphatic carbocycles. The number of amides is 1. The first-order valence-corrected chi connectivity index (χ1v) is 13.3. The molecule has 8 nitrogen and oxygen atoms in total. The minimum absolute atomic E-state index is 0.0179. The third-order valence-electron chi connectivity index (χ3n) is 6.44. The zero-order valence-corrected chi connectivity index (χ0v) is 21.6. The van der Waals surface area contributed by atoms with Crippen molar-refractivity contribution >= 4 is 21.4 Å². The molecule has 1 amide bonds. The standard InChI is InChI=1S/C25H22F5N3O5S/c1-13-17(12-26)32-33-23(19(13)22(34)31-14-5-4-6-15(11-14)39(3,35)36)38-18-8-7-16(20(27)21(18)37-2)24(9-10-24)25(28,29)30/h4-8,11H,9-10,12H2,1-3H3,(H,31,34). The van der Waals surface area contributed by atoms with Crippen molar-refractivity contribution in [2.24, 2.45) is 0 Å². The predicted molar refractivity (Wildman–Crippen MR) is 129 cm³/mol. The van der Waals surface area contributed by atoms with Gasteiger partial charge in [0.25, 0.3) is 11.8 Å². The number of benzene rings is 2. The van der Waals surface area contributed by atoms with E-state index in [1.165, 1.54) is 31.2 Å². The molecule has 39 heavy (non-hydrogen) atoms. The summed E-state index contributed by atoms with van der Waals surface area (Å²) < 4.78 is 104. The van der Waals surface area contributed by atoms with E-state index < -0.39 is 62.8 Å². The molecular weight excluding hydrogens is 549 g/mol. The summed E-state index contributed by atoms with van der Waals surface area (Å²) in [7, 11) is -2.56. The van der Waals surface area contributed by atoms with Crippen molar-refractivity contribution < 1.29 is 44.6 Å². The van der Waals surface area contributed by atoms with Crippen molar-refractivity contribution in [1.29, 1.82) is 0 Å². The third kappa shape index (κ3) is 5.24. The third-order valence-corrected chi connectivity index (χ3v) is 7.55. The van der Waals surface area contributed by atoms with Gasteiger partial charge in [0.15, 0.2) is 27.2 Å². The zero-order chi connectivity index (χ0) is 28.8. The fourth-order valence-corrected chi connectivity index (χ4v) is 4.78. The van der Waals surface area contributed by atoms with E-state index in [0.29, 0.717) is 0 Å². The number of halogens is 5. The molecule has 3 aromatic rings. The number of anilines is 1. The second-order valence-corrected chi connectivity index (χ2v) is 11.0. The van der Waals surface area contributed by atoms with Gasteiger partial charge in [0.2, 0.25) is 0 Å². The number of carbonyl (C=O) groups excluding carboxylic acids is 1. The maximum Gasteiger partial charge on any atom is 0.398 e. The molecule has 4 rings (SSSR count). The van der Waals surface area contributed by atoms with Crippen LogP contribution >= 0.6 is 0 Å². The molecule has 0 spiro atoms. The van der Waals surface area contributed by atoms with Gasteiger partial charge in [-0.2, -0.15) is 13.2 Å². The van der Waals surface area contributed by atoms with Gasteiger partial charge in [0.05, 0.1) is 23.1 Å². The van der Waals surface area contributed by atoms with Gasteiger partial charge < -0.3 is 14.8 Å². The number of aromatic nitrogens is 2. The quantitative estimate of drug-likeness (QED) is 0.359. The number of hydrogen-bond donors (Lipinski definition) is 1. The first-order valence-electron chi connectivity index (χ1n) is 11.4. The van der Waals surface area contributed by atoms with E-state index in [4.69, 9.17) is 9.47 Å². The number of nitrogens with zero attached hydrogens (tertiary/aromatic N) is 2. The predicted octanol–water partition coefficient (Wildman–Crippen LogP) is 5.44. The minimum atomic E-state index is -4.67. The van der Waals surface area contributed by atoms with Crippen LogP contribution in [0.5, 0.6) is 17.4 Å². The van der Waals surface area contributed by atoms with Crippen LogP contribution in [-0.4, -0.2) is 44.1 Å². The molecule has 1 aromatic heterocycles. The lowest BCUT2D eigenvalue weighted by Crippen LogP contribution is -2.29. The van der Waals surface area contributed by atoms with Crippen LogP contribution in [0.2, 0.25) is 0 Å².